The van der Waals surface area contributed by atoms with Gasteiger partial charge in [-0.2, -0.15) is 0 Å². The predicted octanol–water partition coefficient (Wildman–Crippen LogP) is 4.16. The first-order valence-electron chi connectivity index (χ1n) is 7.47. The molecule has 1 aliphatic rings. The highest BCUT2D eigenvalue weighted by atomic mass is 79.9. The standard InChI is InChI=1S/C16H22Br2N2O/c1-3-8-20-9-6-13(7-10-20)19(2)16(21)14-11-12(17)4-5-15(14)18/h4-5,11,13H,3,6-10H2,1-2H3. The molecule has 0 unspecified atom stereocenters. The van der Waals surface area contributed by atoms with Crippen LogP contribution >= 0.6 is 31.9 Å². The van der Waals surface area contributed by atoms with E-state index in [1.165, 1.54) is 13.0 Å². The maximum Gasteiger partial charge on any atom is 0.255 e. The number of carbonyl (C=O) groups excluding carboxylic acids is 1. The van der Waals surface area contributed by atoms with Crippen LogP contribution in [-0.2, 0) is 0 Å². The highest BCUT2D eigenvalue weighted by molar-refractivity contribution is 9.11. The predicted molar refractivity (Wildman–Crippen MR) is 93.7 cm³/mol. The number of nitrogens with zero attached hydrogens (tertiary/aromatic N) is 2. The smallest absolute Gasteiger partial charge is 0.255 e. The van der Waals surface area contributed by atoms with Gasteiger partial charge >= 0.3 is 0 Å². The van der Waals surface area contributed by atoms with E-state index < -0.39 is 0 Å². The molecule has 1 aliphatic heterocycles. The average molecular weight is 418 g/mol. The van der Waals surface area contributed by atoms with Crippen molar-refractivity contribution in [1.29, 1.82) is 0 Å². The largest absolute Gasteiger partial charge is 0.339 e. The van der Waals surface area contributed by atoms with Crippen molar-refractivity contribution in [3.8, 4) is 0 Å². The van der Waals surface area contributed by atoms with Crippen molar-refractivity contribution < 1.29 is 4.79 Å². The fourth-order valence-corrected chi connectivity index (χ4v) is 3.64. The van der Waals surface area contributed by atoms with Gasteiger partial charge in [-0.15, -0.1) is 0 Å². The Morgan fingerprint density at radius 2 is 2.00 bits per heavy atom. The quantitative estimate of drug-likeness (QED) is 0.734. The lowest BCUT2D eigenvalue weighted by Crippen LogP contribution is -2.45. The molecule has 2 rings (SSSR count). The van der Waals surface area contributed by atoms with Gasteiger partial charge in [0, 0.05) is 35.1 Å². The lowest BCUT2D eigenvalue weighted by Gasteiger charge is -2.36. The monoisotopic (exact) mass is 416 g/mol. The highest BCUT2D eigenvalue weighted by Gasteiger charge is 2.26. The fourth-order valence-electron chi connectivity index (χ4n) is 2.86. The summed E-state index contributed by atoms with van der Waals surface area (Å²) in [6.07, 6.45) is 3.33. The molecule has 116 valence electrons. The van der Waals surface area contributed by atoms with Crippen LogP contribution in [0.4, 0.5) is 0 Å². The third-order valence-corrected chi connectivity index (χ3v) is 5.31. The summed E-state index contributed by atoms with van der Waals surface area (Å²) in [6, 6.07) is 6.07. The summed E-state index contributed by atoms with van der Waals surface area (Å²) in [6.45, 7) is 5.57. The van der Waals surface area contributed by atoms with E-state index in [0.717, 1.165) is 40.4 Å². The second kappa shape index (κ2) is 7.75. The first kappa shape index (κ1) is 17.0. The average Bonchev–Trinajstić information content (AvgIpc) is 2.49. The number of benzene rings is 1. The summed E-state index contributed by atoms with van der Waals surface area (Å²) in [5.74, 6) is 0.0946. The molecule has 1 aromatic carbocycles. The molecule has 0 aromatic heterocycles. The van der Waals surface area contributed by atoms with Crippen LogP contribution in [-0.4, -0.2) is 48.4 Å². The Morgan fingerprint density at radius 1 is 1.33 bits per heavy atom. The molecular formula is C16H22Br2N2O. The van der Waals surface area contributed by atoms with Gasteiger partial charge in [-0.25, -0.2) is 0 Å². The number of halogens is 2. The van der Waals surface area contributed by atoms with Crippen LogP contribution < -0.4 is 0 Å². The first-order chi connectivity index (χ1) is 10.0. The zero-order valence-electron chi connectivity index (χ0n) is 12.6. The molecule has 1 saturated heterocycles. The van der Waals surface area contributed by atoms with Crippen molar-refractivity contribution in [1.82, 2.24) is 9.80 Å². The van der Waals surface area contributed by atoms with Crippen LogP contribution in [0.1, 0.15) is 36.5 Å². The molecule has 1 fully saturated rings. The summed E-state index contributed by atoms with van der Waals surface area (Å²) in [7, 11) is 1.93. The summed E-state index contributed by atoms with van der Waals surface area (Å²) in [5, 5.41) is 0. The number of piperidine rings is 1. The first-order valence-corrected chi connectivity index (χ1v) is 9.06. The van der Waals surface area contributed by atoms with E-state index in [0.29, 0.717) is 6.04 Å². The number of rotatable bonds is 4. The van der Waals surface area contributed by atoms with E-state index in [2.05, 4.69) is 43.7 Å². The van der Waals surface area contributed by atoms with Crippen molar-refractivity contribution in [2.24, 2.45) is 0 Å². The van der Waals surface area contributed by atoms with Crippen LogP contribution in [0.3, 0.4) is 0 Å². The van der Waals surface area contributed by atoms with Gasteiger partial charge in [-0.1, -0.05) is 22.9 Å². The van der Waals surface area contributed by atoms with E-state index >= 15 is 0 Å². The Bertz CT molecular complexity index is 499. The molecule has 0 spiro atoms. The van der Waals surface area contributed by atoms with Crippen LogP contribution in [0.25, 0.3) is 0 Å². The van der Waals surface area contributed by atoms with Crippen molar-refractivity contribution in [2.75, 3.05) is 26.7 Å². The maximum atomic E-state index is 12.7. The molecule has 1 aromatic rings. The Hall–Kier alpha value is -0.390. The Morgan fingerprint density at radius 3 is 2.62 bits per heavy atom. The van der Waals surface area contributed by atoms with E-state index in [1.807, 2.05) is 30.1 Å². The topological polar surface area (TPSA) is 23.6 Å². The molecule has 1 amide bonds. The second-order valence-electron chi connectivity index (χ2n) is 5.61. The number of hydrogen-bond donors (Lipinski definition) is 0. The van der Waals surface area contributed by atoms with Crippen LogP contribution in [0.2, 0.25) is 0 Å². The SMILES string of the molecule is CCCN1CCC(N(C)C(=O)c2cc(Br)ccc2Br)CC1. The van der Waals surface area contributed by atoms with E-state index in [4.69, 9.17) is 0 Å². The van der Waals surface area contributed by atoms with E-state index in [-0.39, 0.29) is 5.91 Å². The lowest BCUT2D eigenvalue weighted by molar-refractivity contribution is 0.0642. The molecular weight excluding hydrogens is 396 g/mol. The minimum absolute atomic E-state index is 0.0946. The molecule has 3 nitrogen and oxygen atoms in total. The minimum atomic E-state index is 0.0946. The summed E-state index contributed by atoms with van der Waals surface area (Å²) >= 11 is 6.91. The Balaban J connectivity index is 2.01. The molecule has 5 heteroatoms. The van der Waals surface area contributed by atoms with Crippen LogP contribution in [0.15, 0.2) is 27.1 Å². The van der Waals surface area contributed by atoms with Crippen molar-refractivity contribution in [3.63, 3.8) is 0 Å². The van der Waals surface area contributed by atoms with Gasteiger partial charge in [0.05, 0.1) is 5.56 Å². The van der Waals surface area contributed by atoms with Gasteiger partial charge in [-0.3, -0.25) is 4.79 Å². The second-order valence-corrected chi connectivity index (χ2v) is 7.38. The zero-order valence-corrected chi connectivity index (χ0v) is 15.8. The summed E-state index contributed by atoms with van der Waals surface area (Å²) in [4.78, 5) is 17.1. The molecule has 0 radical (unpaired) electrons. The molecule has 0 aliphatic carbocycles. The third kappa shape index (κ3) is 4.30. The normalized spacial score (nSPS) is 17.0. The molecule has 0 bridgehead atoms. The lowest BCUT2D eigenvalue weighted by atomic mass is 10.0. The van der Waals surface area contributed by atoms with Gasteiger partial charge in [0.15, 0.2) is 0 Å². The van der Waals surface area contributed by atoms with E-state index in [1.54, 1.807) is 0 Å². The van der Waals surface area contributed by atoms with Gasteiger partial charge in [0.25, 0.3) is 5.91 Å². The van der Waals surface area contributed by atoms with Gasteiger partial charge in [-0.05, 0) is 59.9 Å². The van der Waals surface area contributed by atoms with Crippen LogP contribution in [0, 0.1) is 0 Å². The zero-order chi connectivity index (χ0) is 15.4. The van der Waals surface area contributed by atoms with Crippen LogP contribution in [0.5, 0.6) is 0 Å². The number of hydrogen-bond acceptors (Lipinski definition) is 2. The molecule has 0 saturated carbocycles. The summed E-state index contributed by atoms with van der Waals surface area (Å²) in [5.41, 5.74) is 0.725. The van der Waals surface area contributed by atoms with E-state index in [9.17, 15) is 4.79 Å². The van der Waals surface area contributed by atoms with Crippen molar-refractivity contribution in [2.45, 2.75) is 32.2 Å². The van der Waals surface area contributed by atoms with Crippen molar-refractivity contribution in [3.05, 3.63) is 32.7 Å². The Labute approximate surface area is 143 Å². The number of carbonyl (C=O) groups is 1. The minimum Gasteiger partial charge on any atom is -0.339 e. The highest BCUT2D eigenvalue weighted by Crippen LogP contribution is 2.25. The third-order valence-electron chi connectivity index (χ3n) is 4.12. The number of likely N-dealkylation sites (tertiary alicyclic amines) is 1. The summed E-state index contributed by atoms with van der Waals surface area (Å²) < 4.78 is 1.78. The van der Waals surface area contributed by atoms with Gasteiger partial charge < -0.3 is 9.80 Å². The molecule has 1 heterocycles. The fraction of sp³-hybridized carbons (Fsp3) is 0.562. The van der Waals surface area contributed by atoms with Gasteiger partial charge in [0.2, 0.25) is 0 Å². The maximum absolute atomic E-state index is 12.7. The number of amides is 1. The van der Waals surface area contributed by atoms with Gasteiger partial charge in [0.1, 0.15) is 0 Å². The Kier molecular flexibility index (Phi) is 6.26. The van der Waals surface area contributed by atoms with Crippen molar-refractivity contribution >= 4 is 37.8 Å². The molecule has 21 heavy (non-hydrogen) atoms. The molecule has 0 N–H and O–H groups in total. The molecule has 0 atom stereocenters.